The summed E-state index contributed by atoms with van der Waals surface area (Å²) in [6, 6.07) is 38.3. The van der Waals surface area contributed by atoms with Crippen LogP contribution in [0.25, 0.3) is 0 Å². The maximum absolute atomic E-state index is 12.1. The predicted octanol–water partition coefficient (Wildman–Crippen LogP) is 4.61. The summed E-state index contributed by atoms with van der Waals surface area (Å²) in [5, 5.41) is 23.0. The van der Waals surface area contributed by atoms with Crippen LogP contribution in [0.15, 0.2) is 121 Å². The summed E-state index contributed by atoms with van der Waals surface area (Å²) >= 11 is 0. The van der Waals surface area contributed by atoms with E-state index in [4.69, 9.17) is 42.6 Å². The Balaban J connectivity index is 1.19. The van der Waals surface area contributed by atoms with Gasteiger partial charge in [-0.05, 0) is 16.7 Å². The first kappa shape index (κ1) is 38.2. The number of rotatable bonds is 14. The first-order valence-electron chi connectivity index (χ1n) is 18.2. The van der Waals surface area contributed by atoms with Crippen molar-refractivity contribution in [3.05, 3.63) is 144 Å². The van der Waals surface area contributed by atoms with Gasteiger partial charge in [0, 0.05) is 12.5 Å². The van der Waals surface area contributed by atoms with Crippen molar-refractivity contribution in [2.75, 3.05) is 13.2 Å². The van der Waals surface area contributed by atoms with Gasteiger partial charge in [0.25, 0.3) is 0 Å². The van der Waals surface area contributed by atoms with Crippen molar-refractivity contribution in [3.63, 3.8) is 0 Å². The normalized spacial score (nSPS) is 31.0. The lowest BCUT2D eigenvalue weighted by Gasteiger charge is -2.50. The summed E-state index contributed by atoms with van der Waals surface area (Å²) in [6.07, 6.45) is -11.6. The first-order valence-corrected chi connectivity index (χ1v) is 18.2. The standard InChI is InChI=1S/C42H46O12/c1-27(43)46-25-33-36(47-22-28-14-6-2-7-15-28)38(48-23-29-16-8-3-9-17-29)39(49-24-30-18-10-4-11-19-30)42(52-33)54-37-34(44)35-32(51-40(37)45)26-50-41(53-35)31-20-12-5-13-21-31/h2-21,32-42,44-45H,22-26H2,1H3/t32-,33-,34+,35-,36-,37-,38+,39-,40+,41?,42-/m1/s1. The van der Waals surface area contributed by atoms with Gasteiger partial charge in [-0.1, -0.05) is 121 Å². The lowest BCUT2D eigenvalue weighted by molar-refractivity contribution is -0.393. The van der Waals surface area contributed by atoms with Crippen LogP contribution >= 0.6 is 0 Å². The van der Waals surface area contributed by atoms with Gasteiger partial charge >= 0.3 is 5.97 Å². The molecule has 0 saturated carbocycles. The third-order valence-corrected chi connectivity index (χ3v) is 9.59. The van der Waals surface area contributed by atoms with Crippen LogP contribution in [-0.2, 0) is 67.2 Å². The van der Waals surface area contributed by atoms with Gasteiger partial charge in [0.2, 0.25) is 0 Å². The van der Waals surface area contributed by atoms with Crippen molar-refractivity contribution in [3.8, 4) is 0 Å². The zero-order valence-electron chi connectivity index (χ0n) is 29.9. The van der Waals surface area contributed by atoms with Crippen molar-refractivity contribution < 1.29 is 57.6 Å². The Morgan fingerprint density at radius 2 is 1.17 bits per heavy atom. The van der Waals surface area contributed by atoms with Gasteiger partial charge in [-0.15, -0.1) is 0 Å². The van der Waals surface area contributed by atoms with Gasteiger partial charge < -0.3 is 52.8 Å². The van der Waals surface area contributed by atoms with E-state index >= 15 is 0 Å². The molecule has 4 aromatic carbocycles. The van der Waals surface area contributed by atoms with Gasteiger partial charge in [0.15, 0.2) is 18.9 Å². The Morgan fingerprint density at radius 1 is 0.648 bits per heavy atom. The molecule has 3 heterocycles. The molecule has 12 nitrogen and oxygen atoms in total. The molecule has 11 atom stereocenters. The molecule has 4 aromatic rings. The topological polar surface area (TPSA) is 141 Å². The van der Waals surface area contributed by atoms with Gasteiger partial charge in [-0.2, -0.15) is 0 Å². The zero-order chi connectivity index (χ0) is 37.3. The second kappa shape index (κ2) is 18.5. The second-order valence-electron chi connectivity index (χ2n) is 13.5. The van der Waals surface area contributed by atoms with E-state index in [1.54, 1.807) is 0 Å². The molecule has 3 aliphatic heterocycles. The van der Waals surface area contributed by atoms with E-state index in [1.165, 1.54) is 6.92 Å². The van der Waals surface area contributed by atoms with Crippen LogP contribution < -0.4 is 0 Å². The van der Waals surface area contributed by atoms with Gasteiger partial charge in [-0.25, -0.2) is 0 Å². The van der Waals surface area contributed by atoms with Crippen LogP contribution in [0, 0.1) is 0 Å². The quantitative estimate of drug-likeness (QED) is 0.175. The molecule has 54 heavy (non-hydrogen) atoms. The maximum Gasteiger partial charge on any atom is 0.302 e. The van der Waals surface area contributed by atoms with E-state index in [2.05, 4.69) is 0 Å². The monoisotopic (exact) mass is 742 g/mol. The zero-order valence-corrected chi connectivity index (χ0v) is 29.9. The molecule has 1 unspecified atom stereocenters. The number of hydrogen-bond acceptors (Lipinski definition) is 12. The number of aliphatic hydroxyl groups is 2. The highest BCUT2D eigenvalue weighted by atomic mass is 16.8. The fourth-order valence-electron chi connectivity index (χ4n) is 6.85. The van der Waals surface area contributed by atoms with E-state index < -0.39 is 73.7 Å². The van der Waals surface area contributed by atoms with Crippen molar-refractivity contribution in [2.24, 2.45) is 0 Å². The molecule has 0 aromatic heterocycles. The summed E-state index contributed by atoms with van der Waals surface area (Å²) in [5.74, 6) is -0.510. The largest absolute Gasteiger partial charge is 0.463 e. The molecule has 0 radical (unpaired) electrons. The summed E-state index contributed by atoms with van der Waals surface area (Å²) in [6.45, 7) is 1.73. The summed E-state index contributed by atoms with van der Waals surface area (Å²) in [5.41, 5.74) is 3.47. The Hall–Kier alpha value is -4.05. The predicted molar refractivity (Wildman–Crippen MR) is 192 cm³/mol. The van der Waals surface area contributed by atoms with Crippen molar-refractivity contribution in [2.45, 2.75) is 94.4 Å². The molecule has 3 fully saturated rings. The molecule has 3 aliphatic rings. The fourth-order valence-corrected chi connectivity index (χ4v) is 6.85. The molecule has 12 heteroatoms. The molecule has 0 aliphatic carbocycles. The molecule has 7 rings (SSSR count). The van der Waals surface area contributed by atoms with Crippen LogP contribution in [0.1, 0.15) is 35.5 Å². The van der Waals surface area contributed by atoms with Crippen LogP contribution in [0.3, 0.4) is 0 Å². The van der Waals surface area contributed by atoms with Crippen LogP contribution in [0.5, 0.6) is 0 Å². The highest BCUT2D eigenvalue weighted by Gasteiger charge is 2.54. The number of fused-ring (bicyclic) bond motifs is 1. The Morgan fingerprint density at radius 3 is 1.72 bits per heavy atom. The number of hydrogen-bond donors (Lipinski definition) is 2. The van der Waals surface area contributed by atoms with Crippen molar-refractivity contribution >= 4 is 5.97 Å². The molecule has 3 saturated heterocycles. The minimum atomic E-state index is -1.58. The first-order chi connectivity index (χ1) is 26.4. The highest BCUT2D eigenvalue weighted by molar-refractivity contribution is 5.65. The average molecular weight is 743 g/mol. The minimum Gasteiger partial charge on any atom is -0.463 e. The molecule has 2 N–H and O–H groups in total. The second-order valence-corrected chi connectivity index (χ2v) is 13.5. The molecule has 0 bridgehead atoms. The summed E-state index contributed by atoms with van der Waals surface area (Å²) in [4.78, 5) is 12.1. The number of benzene rings is 4. The molecule has 0 amide bonds. The summed E-state index contributed by atoms with van der Waals surface area (Å²) < 4.78 is 56.4. The number of carbonyl (C=O) groups is 1. The van der Waals surface area contributed by atoms with E-state index in [1.807, 2.05) is 121 Å². The molecule has 0 spiro atoms. The Labute approximate surface area is 314 Å². The number of ether oxygens (including phenoxy) is 9. The number of aliphatic hydroxyl groups excluding tert-OH is 2. The van der Waals surface area contributed by atoms with E-state index in [9.17, 15) is 15.0 Å². The molecular weight excluding hydrogens is 696 g/mol. The van der Waals surface area contributed by atoms with Crippen molar-refractivity contribution in [1.29, 1.82) is 0 Å². The highest BCUT2D eigenvalue weighted by Crippen LogP contribution is 2.37. The smallest absolute Gasteiger partial charge is 0.302 e. The number of carbonyl (C=O) groups excluding carboxylic acids is 1. The van der Waals surface area contributed by atoms with E-state index in [0.717, 1.165) is 22.3 Å². The third kappa shape index (κ3) is 9.60. The third-order valence-electron chi connectivity index (χ3n) is 9.59. The maximum atomic E-state index is 12.1. The fraction of sp³-hybridized carbons (Fsp3) is 0.405. The number of esters is 1. The van der Waals surface area contributed by atoms with E-state index in [-0.39, 0.29) is 33.0 Å². The SMILES string of the molecule is CC(=O)OC[C@H]1O[C@H](O[C@@H]2[C@@H](O)[C@@H]3OC(c4ccccc4)OC[C@H]3O[C@@H]2O)[C@H](OCc2ccccc2)[C@@H](OCc2ccccc2)[C@@H]1OCc1ccccc1. The van der Waals surface area contributed by atoms with Gasteiger partial charge in [-0.3, -0.25) is 4.79 Å². The van der Waals surface area contributed by atoms with E-state index in [0.29, 0.717) is 0 Å². The van der Waals surface area contributed by atoms with Crippen molar-refractivity contribution in [1.82, 2.24) is 0 Å². The Kier molecular flexibility index (Phi) is 13.1. The Bertz CT molecular complexity index is 1710. The van der Waals surface area contributed by atoms with Crippen LogP contribution in [0.4, 0.5) is 0 Å². The lowest BCUT2D eigenvalue weighted by atomic mass is 9.96. The van der Waals surface area contributed by atoms with Gasteiger partial charge in [0.05, 0.1) is 26.4 Å². The lowest BCUT2D eigenvalue weighted by Crippen LogP contribution is -2.66. The summed E-state index contributed by atoms with van der Waals surface area (Å²) in [7, 11) is 0. The van der Waals surface area contributed by atoms with Gasteiger partial charge in [0.1, 0.15) is 55.4 Å². The average Bonchev–Trinajstić information content (AvgIpc) is 3.21. The van der Waals surface area contributed by atoms with Crippen LogP contribution in [-0.4, -0.2) is 90.8 Å². The minimum absolute atomic E-state index is 0.0775. The molecule has 286 valence electrons. The van der Waals surface area contributed by atoms with Crippen LogP contribution in [0.2, 0.25) is 0 Å². The molecular formula is C42H46O12.